The van der Waals surface area contributed by atoms with E-state index in [1.807, 2.05) is 12.4 Å². The van der Waals surface area contributed by atoms with E-state index in [0.29, 0.717) is 23.8 Å². The molecule has 0 radical (unpaired) electrons. The third kappa shape index (κ3) is 3.88. The molecule has 146 valence electrons. The van der Waals surface area contributed by atoms with Gasteiger partial charge in [0.15, 0.2) is 0 Å². The Labute approximate surface area is 158 Å². The van der Waals surface area contributed by atoms with E-state index in [0.717, 1.165) is 49.4 Å². The zero-order valence-electron chi connectivity index (χ0n) is 15.7. The maximum absolute atomic E-state index is 12.9. The van der Waals surface area contributed by atoms with Crippen LogP contribution in [0.5, 0.6) is 0 Å². The van der Waals surface area contributed by atoms with Gasteiger partial charge in [-0.2, -0.15) is 0 Å². The molecule has 0 bridgehead atoms. The zero-order valence-corrected chi connectivity index (χ0v) is 16.5. The molecular weight excluding hydrogens is 356 g/mol. The van der Waals surface area contributed by atoms with Gasteiger partial charge in [-0.1, -0.05) is 13.8 Å². The number of carbonyl (C=O) groups excluding carboxylic acids is 1. The molecule has 1 aromatic heterocycles. The van der Waals surface area contributed by atoms with Crippen LogP contribution in [0.25, 0.3) is 0 Å². The van der Waals surface area contributed by atoms with Crippen molar-refractivity contribution in [3.05, 3.63) is 16.3 Å². The predicted octanol–water partition coefficient (Wildman–Crippen LogP) is 3.73. The Balaban J connectivity index is 1.69. The summed E-state index contributed by atoms with van der Waals surface area (Å²) in [5.41, 5.74) is 6.59. The molecule has 2 heterocycles. The second kappa shape index (κ2) is 7.80. The average molecular weight is 386 g/mol. The first kappa shape index (κ1) is 19.5. The van der Waals surface area contributed by atoms with Crippen LogP contribution in [0, 0.1) is 17.8 Å². The Morgan fingerprint density at radius 3 is 2.69 bits per heavy atom. The van der Waals surface area contributed by atoms with Crippen LogP contribution >= 0.6 is 11.3 Å². The highest BCUT2D eigenvalue weighted by molar-refractivity contribution is 7.10. The summed E-state index contributed by atoms with van der Waals surface area (Å²) in [5, 5.41) is 1.84. The van der Waals surface area contributed by atoms with Crippen LogP contribution in [-0.2, 0) is 4.79 Å². The molecule has 1 aromatic rings. The van der Waals surface area contributed by atoms with Gasteiger partial charge < -0.3 is 10.6 Å². The second-order valence-electron chi connectivity index (χ2n) is 8.19. The summed E-state index contributed by atoms with van der Waals surface area (Å²) in [6.45, 7) is 6.00. The van der Waals surface area contributed by atoms with E-state index in [2.05, 4.69) is 23.6 Å². The summed E-state index contributed by atoms with van der Waals surface area (Å²) in [6.07, 6.45) is 0.566. The van der Waals surface area contributed by atoms with Crippen LogP contribution in [0.15, 0.2) is 11.4 Å². The molecule has 2 aliphatic rings. The Morgan fingerprint density at radius 2 is 2.12 bits per heavy atom. The van der Waals surface area contributed by atoms with E-state index in [9.17, 15) is 13.6 Å². The number of nitrogens with two attached hydrogens (primary N) is 1. The minimum atomic E-state index is -2.40. The van der Waals surface area contributed by atoms with E-state index in [1.54, 1.807) is 6.07 Å². The number of carbonyl (C=O) groups is 1. The van der Waals surface area contributed by atoms with Crippen molar-refractivity contribution in [3.8, 4) is 0 Å². The largest absolute Gasteiger partial charge is 0.370 e. The molecule has 1 aliphatic carbocycles. The van der Waals surface area contributed by atoms with Gasteiger partial charge in [-0.25, -0.2) is 8.78 Å². The molecule has 4 nitrogen and oxygen atoms in total. The molecule has 0 unspecified atom stereocenters. The SMILES string of the molecule is CC(C)C[C@@H](C(N)=O)N(C)[C@H]1CC[C@@H]2CN(c3csc(C(F)F)c3)C[C@@H]21. The van der Waals surface area contributed by atoms with Gasteiger partial charge in [0.25, 0.3) is 6.43 Å². The molecule has 0 aromatic carbocycles. The first-order valence-corrected chi connectivity index (χ1v) is 10.3. The van der Waals surface area contributed by atoms with Crippen molar-refractivity contribution in [1.29, 1.82) is 0 Å². The molecule has 26 heavy (non-hydrogen) atoms. The quantitative estimate of drug-likeness (QED) is 0.778. The lowest BCUT2D eigenvalue weighted by molar-refractivity contribution is -0.124. The molecule has 4 atom stereocenters. The molecule has 1 amide bonds. The fourth-order valence-electron chi connectivity index (χ4n) is 4.74. The summed E-state index contributed by atoms with van der Waals surface area (Å²) in [6, 6.07) is 1.72. The smallest absolute Gasteiger partial charge is 0.272 e. The van der Waals surface area contributed by atoms with Crippen LogP contribution in [0.1, 0.15) is 44.4 Å². The Hall–Kier alpha value is -1.21. The van der Waals surface area contributed by atoms with Crippen molar-refractivity contribution in [1.82, 2.24) is 4.90 Å². The van der Waals surface area contributed by atoms with E-state index in [-0.39, 0.29) is 16.8 Å². The topological polar surface area (TPSA) is 49.6 Å². The van der Waals surface area contributed by atoms with E-state index < -0.39 is 6.43 Å². The highest BCUT2D eigenvalue weighted by Gasteiger charge is 2.46. The molecule has 2 fully saturated rings. The highest BCUT2D eigenvalue weighted by atomic mass is 32.1. The van der Waals surface area contributed by atoms with E-state index >= 15 is 0 Å². The summed E-state index contributed by atoms with van der Waals surface area (Å²) >= 11 is 1.13. The first-order chi connectivity index (χ1) is 12.3. The van der Waals surface area contributed by atoms with E-state index in [4.69, 9.17) is 5.73 Å². The molecule has 0 spiro atoms. The molecule has 1 saturated carbocycles. The fourth-order valence-corrected chi connectivity index (χ4v) is 5.50. The number of alkyl halides is 2. The van der Waals surface area contributed by atoms with Gasteiger partial charge in [-0.05, 0) is 50.1 Å². The van der Waals surface area contributed by atoms with E-state index in [1.165, 1.54) is 0 Å². The molecule has 1 aliphatic heterocycles. The van der Waals surface area contributed by atoms with Crippen molar-refractivity contribution in [2.24, 2.45) is 23.5 Å². The first-order valence-electron chi connectivity index (χ1n) is 9.40. The van der Waals surface area contributed by atoms with Gasteiger partial charge in [0.2, 0.25) is 5.91 Å². The van der Waals surface area contributed by atoms with Crippen molar-refractivity contribution in [3.63, 3.8) is 0 Å². The normalized spacial score (nSPS) is 26.9. The van der Waals surface area contributed by atoms with Crippen molar-refractivity contribution >= 4 is 22.9 Å². The van der Waals surface area contributed by atoms with Gasteiger partial charge in [-0.3, -0.25) is 9.69 Å². The monoisotopic (exact) mass is 385 g/mol. The third-order valence-corrected chi connectivity index (χ3v) is 6.97. The van der Waals surface area contributed by atoms with Gasteiger partial charge in [0.1, 0.15) is 0 Å². The summed E-state index contributed by atoms with van der Waals surface area (Å²) in [5.74, 6) is 1.18. The zero-order chi connectivity index (χ0) is 19.0. The van der Waals surface area contributed by atoms with Crippen molar-refractivity contribution in [2.45, 2.75) is 51.6 Å². The van der Waals surface area contributed by atoms with Crippen LogP contribution in [-0.4, -0.2) is 43.0 Å². The number of hydrogen-bond acceptors (Lipinski definition) is 4. The molecule has 1 saturated heterocycles. The summed E-state index contributed by atoms with van der Waals surface area (Å²) in [7, 11) is 2.02. The Bertz CT molecular complexity index is 636. The summed E-state index contributed by atoms with van der Waals surface area (Å²) < 4.78 is 25.8. The number of primary amides is 1. The Kier molecular flexibility index (Phi) is 5.87. The van der Waals surface area contributed by atoms with Crippen molar-refractivity contribution < 1.29 is 13.6 Å². The fraction of sp³-hybridized carbons (Fsp3) is 0.737. The number of nitrogens with zero attached hydrogens (tertiary/aromatic N) is 2. The maximum atomic E-state index is 12.9. The molecule has 2 N–H and O–H groups in total. The number of likely N-dealkylation sites (N-methyl/N-ethyl adjacent to an activating group) is 1. The lowest BCUT2D eigenvalue weighted by Crippen LogP contribution is -2.50. The third-order valence-electron chi connectivity index (χ3n) is 6.04. The van der Waals surface area contributed by atoms with Gasteiger partial charge in [-0.15, -0.1) is 11.3 Å². The molecule has 7 heteroatoms. The minimum Gasteiger partial charge on any atom is -0.370 e. The van der Waals surface area contributed by atoms with Crippen LogP contribution < -0.4 is 10.6 Å². The lowest BCUT2D eigenvalue weighted by Gasteiger charge is -2.35. The highest BCUT2D eigenvalue weighted by Crippen LogP contribution is 2.43. The number of fused-ring (bicyclic) bond motifs is 1. The average Bonchev–Trinajstić information content (AvgIpc) is 3.25. The van der Waals surface area contributed by atoms with Crippen LogP contribution in [0.2, 0.25) is 0 Å². The van der Waals surface area contributed by atoms with Crippen LogP contribution in [0.3, 0.4) is 0 Å². The predicted molar refractivity (Wildman–Crippen MR) is 102 cm³/mol. The number of anilines is 1. The number of hydrogen-bond donors (Lipinski definition) is 1. The minimum absolute atomic E-state index is 0.136. The van der Waals surface area contributed by atoms with Gasteiger partial charge >= 0.3 is 0 Å². The maximum Gasteiger partial charge on any atom is 0.272 e. The molecule has 3 rings (SSSR count). The molecular formula is C19H29F2N3OS. The summed E-state index contributed by atoms with van der Waals surface area (Å²) in [4.78, 5) is 16.5. The second-order valence-corrected chi connectivity index (χ2v) is 9.14. The Morgan fingerprint density at radius 1 is 1.38 bits per heavy atom. The number of halogens is 2. The van der Waals surface area contributed by atoms with Crippen LogP contribution in [0.4, 0.5) is 14.5 Å². The van der Waals surface area contributed by atoms with Gasteiger partial charge in [0.05, 0.1) is 10.9 Å². The number of thiophene rings is 1. The number of amides is 1. The van der Waals surface area contributed by atoms with Crippen molar-refractivity contribution in [2.75, 3.05) is 25.0 Å². The standard InChI is InChI=1S/C19H29F2N3OS/c1-11(2)6-16(19(22)25)23(3)15-5-4-12-8-24(9-14(12)15)13-7-17(18(20)21)26-10-13/h7,10-12,14-16,18H,4-6,8-9H2,1-3H3,(H2,22,25)/t12-,14+,15+,16+/m1/s1. The van der Waals surface area contributed by atoms with Gasteiger partial charge in [0, 0.05) is 30.2 Å². The number of rotatable bonds is 7. The lowest BCUT2D eigenvalue weighted by atomic mass is 9.94.